The van der Waals surface area contributed by atoms with Crippen LogP contribution in [0.3, 0.4) is 0 Å². The average Bonchev–Trinajstić information content (AvgIpc) is 2.44. The van der Waals surface area contributed by atoms with Crippen molar-refractivity contribution in [3.63, 3.8) is 0 Å². The first-order valence-corrected chi connectivity index (χ1v) is 8.16. The highest BCUT2D eigenvalue weighted by molar-refractivity contribution is 5.76. The van der Waals surface area contributed by atoms with Crippen LogP contribution in [0.15, 0.2) is 0 Å². The number of ether oxygens (including phenoxy) is 1. The van der Waals surface area contributed by atoms with Gasteiger partial charge in [-0.05, 0) is 26.2 Å². The standard InChI is InChI=1S/C16H30N2O2/c1-16(2)12-18(11-14(10-17)20-16)15(19)9-8-13-6-4-3-5-7-13/h13-14H,3-12,17H2,1-2H3. The molecule has 0 aromatic carbocycles. The van der Waals surface area contributed by atoms with E-state index in [9.17, 15) is 4.79 Å². The van der Waals surface area contributed by atoms with Gasteiger partial charge in [0.15, 0.2) is 0 Å². The number of nitrogens with zero attached hydrogens (tertiary/aromatic N) is 1. The third-order valence-corrected chi connectivity index (χ3v) is 4.59. The Hall–Kier alpha value is -0.610. The Bertz CT molecular complexity index is 324. The quantitative estimate of drug-likeness (QED) is 0.861. The van der Waals surface area contributed by atoms with Crippen molar-refractivity contribution in [2.45, 2.75) is 70.5 Å². The van der Waals surface area contributed by atoms with Crippen molar-refractivity contribution in [2.24, 2.45) is 11.7 Å². The third kappa shape index (κ3) is 4.45. The molecule has 4 heteroatoms. The van der Waals surface area contributed by atoms with Crippen LogP contribution in [-0.2, 0) is 9.53 Å². The summed E-state index contributed by atoms with van der Waals surface area (Å²) in [6.07, 6.45) is 8.43. The van der Waals surface area contributed by atoms with Crippen LogP contribution in [0, 0.1) is 5.92 Å². The van der Waals surface area contributed by atoms with Crippen molar-refractivity contribution in [1.82, 2.24) is 4.90 Å². The molecule has 1 amide bonds. The summed E-state index contributed by atoms with van der Waals surface area (Å²) in [5, 5.41) is 0. The molecule has 4 nitrogen and oxygen atoms in total. The molecular weight excluding hydrogens is 252 g/mol. The smallest absolute Gasteiger partial charge is 0.222 e. The Kier molecular flexibility index (Phi) is 5.44. The number of rotatable bonds is 4. The van der Waals surface area contributed by atoms with E-state index in [0.29, 0.717) is 26.1 Å². The Labute approximate surface area is 123 Å². The van der Waals surface area contributed by atoms with Gasteiger partial charge in [-0.2, -0.15) is 0 Å². The van der Waals surface area contributed by atoms with Crippen LogP contribution in [0.25, 0.3) is 0 Å². The lowest BCUT2D eigenvalue weighted by Gasteiger charge is -2.42. The number of morpholine rings is 1. The Morgan fingerprint density at radius 1 is 1.30 bits per heavy atom. The summed E-state index contributed by atoms with van der Waals surface area (Å²) in [7, 11) is 0. The summed E-state index contributed by atoms with van der Waals surface area (Å²) in [6.45, 7) is 5.90. The van der Waals surface area contributed by atoms with E-state index in [2.05, 4.69) is 0 Å². The Morgan fingerprint density at radius 2 is 2.00 bits per heavy atom. The Balaban J connectivity index is 1.81. The number of carbonyl (C=O) groups is 1. The number of carbonyl (C=O) groups excluding carboxylic acids is 1. The maximum absolute atomic E-state index is 12.4. The largest absolute Gasteiger partial charge is 0.367 e. The van der Waals surface area contributed by atoms with E-state index in [0.717, 1.165) is 12.3 Å². The normalized spacial score (nSPS) is 27.6. The highest BCUT2D eigenvalue weighted by atomic mass is 16.5. The van der Waals surface area contributed by atoms with Crippen molar-refractivity contribution in [3.8, 4) is 0 Å². The predicted octanol–water partition coefficient (Wildman–Crippen LogP) is 2.31. The molecule has 0 radical (unpaired) electrons. The second-order valence-electron chi connectivity index (χ2n) is 7.05. The first-order valence-electron chi connectivity index (χ1n) is 8.16. The van der Waals surface area contributed by atoms with Gasteiger partial charge in [-0.1, -0.05) is 32.1 Å². The molecule has 1 heterocycles. The monoisotopic (exact) mass is 282 g/mol. The van der Waals surface area contributed by atoms with Crippen molar-refractivity contribution in [1.29, 1.82) is 0 Å². The first-order chi connectivity index (χ1) is 9.50. The zero-order valence-electron chi connectivity index (χ0n) is 13.1. The minimum absolute atomic E-state index is 0.0163. The lowest BCUT2D eigenvalue weighted by atomic mass is 9.86. The summed E-state index contributed by atoms with van der Waals surface area (Å²) in [5.74, 6) is 1.05. The van der Waals surface area contributed by atoms with E-state index in [1.807, 2.05) is 18.7 Å². The molecule has 0 aromatic rings. The van der Waals surface area contributed by atoms with Gasteiger partial charge in [0.05, 0.1) is 11.7 Å². The van der Waals surface area contributed by atoms with E-state index >= 15 is 0 Å². The highest BCUT2D eigenvalue weighted by Gasteiger charge is 2.34. The molecule has 0 aromatic heterocycles. The molecular formula is C16H30N2O2. The Morgan fingerprint density at radius 3 is 2.65 bits per heavy atom. The first kappa shape index (κ1) is 15.8. The van der Waals surface area contributed by atoms with Crippen LogP contribution in [0.5, 0.6) is 0 Å². The summed E-state index contributed by atoms with van der Waals surface area (Å²) in [4.78, 5) is 14.4. The molecule has 1 atom stereocenters. The molecule has 0 bridgehead atoms. The van der Waals surface area contributed by atoms with Crippen LogP contribution in [0.1, 0.15) is 58.8 Å². The SMILES string of the molecule is CC1(C)CN(C(=O)CCC2CCCCC2)CC(CN)O1. The van der Waals surface area contributed by atoms with Crippen LogP contribution in [0.2, 0.25) is 0 Å². The third-order valence-electron chi connectivity index (χ3n) is 4.59. The molecule has 0 spiro atoms. The second-order valence-corrected chi connectivity index (χ2v) is 7.05. The minimum Gasteiger partial charge on any atom is -0.367 e. The molecule has 2 N–H and O–H groups in total. The summed E-state index contributed by atoms with van der Waals surface area (Å²) >= 11 is 0. The summed E-state index contributed by atoms with van der Waals surface area (Å²) in [5.41, 5.74) is 5.44. The fraction of sp³-hybridized carbons (Fsp3) is 0.938. The molecule has 2 aliphatic rings. The molecule has 20 heavy (non-hydrogen) atoms. The van der Waals surface area contributed by atoms with Gasteiger partial charge in [0.1, 0.15) is 0 Å². The topological polar surface area (TPSA) is 55.6 Å². The van der Waals surface area contributed by atoms with E-state index < -0.39 is 0 Å². The van der Waals surface area contributed by atoms with Gasteiger partial charge in [-0.15, -0.1) is 0 Å². The summed E-state index contributed by atoms with van der Waals surface area (Å²) < 4.78 is 5.88. The van der Waals surface area contributed by atoms with E-state index in [4.69, 9.17) is 10.5 Å². The van der Waals surface area contributed by atoms with Crippen molar-refractivity contribution in [2.75, 3.05) is 19.6 Å². The number of nitrogens with two attached hydrogens (primary N) is 1. The van der Waals surface area contributed by atoms with Crippen LogP contribution in [0.4, 0.5) is 0 Å². The molecule has 1 unspecified atom stereocenters. The van der Waals surface area contributed by atoms with Gasteiger partial charge in [0.25, 0.3) is 0 Å². The van der Waals surface area contributed by atoms with Crippen molar-refractivity contribution >= 4 is 5.91 Å². The fourth-order valence-electron chi connectivity index (χ4n) is 3.57. The van der Waals surface area contributed by atoms with Gasteiger partial charge in [-0.25, -0.2) is 0 Å². The van der Waals surface area contributed by atoms with Gasteiger partial charge in [0.2, 0.25) is 5.91 Å². The zero-order valence-corrected chi connectivity index (χ0v) is 13.1. The van der Waals surface area contributed by atoms with Gasteiger partial charge in [-0.3, -0.25) is 4.79 Å². The zero-order chi connectivity index (χ0) is 14.6. The molecule has 1 aliphatic heterocycles. The lowest BCUT2D eigenvalue weighted by Crippen LogP contribution is -2.56. The molecule has 2 fully saturated rings. The molecule has 1 aliphatic carbocycles. The van der Waals surface area contributed by atoms with Crippen molar-refractivity contribution in [3.05, 3.63) is 0 Å². The molecule has 1 saturated carbocycles. The van der Waals surface area contributed by atoms with Crippen molar-refractivity contribution < 1.29 is 9.53 Å². The highest BCUT2D eigenvalue weighted by Crippen LogP contribution is 2.28. The van der Waals surface area contributed by atoms with Crippen LogP contribution < -0.4 is 5.73 Å². The maximum Gasteiger partial charge on any atom is 0.222 e. The molecule has 116 valence electrons. The minimum atomic E-state index is -0.275. The lowest BCUT2D eigenvalue weighted by molar-refractivity contribution is -0.159. The van der Waals surface area contributed by atoms with Crippen LogP contribution >= 0.6 is 0 Å². The number of amides is 1. The van der Waals surface area contributed by atoms with E-state index in [1.165, 1.54) is 32.1 Å². The van der Waals surface area contributed by atoms with Gasteiger partial charge < -0.3 is 15.4 Å². The van der Waals surface area contributed by atoms with Gasteiger partial charge >= 0.3 is 0 Å². The molecule has 1 saturated heterocycles. The van der Waals surface area contributed by atoms with E-state index in [1.54, 1.807) is 0 Å². The second kappa shape index (κ2) is 6.90. The van der Waals surface area contributed by atoms with Gasteiger partial charge in [0, 0.05) is 26.1 Å². The number of hydrogen-bond donors (Lipinski definition) is 1. The average molecular weight is 282 g/mol. The van der Waals surface area contributed by atoms with Crippen LogP contribution in [-0.4, -0.2) is 42.1 Å². The number of hydrogen-bond acceptors (Lipinski definition) is 3. The van der Waals surface area contributed by atoms with E-state index in [-0.39, 0.29) is 17.6 Å². The fourth-order valence-corrected chi connectivity index (χ4v) is 3.57. The maximum atomic E-state index is 12.4. The summed E-state index contributed by atoms with van der Waals surface area (Å²) in [6, 6.07) is 0. The predicted molar refractivity (Wildman–Crippen MR) is 80.4 cm³/mol. The molecule has 2 rings (SSSR count).